The Morgan fingerprint density at radius 3 is 1.78 bits per heavy atom. The van der Waals surface area contributed by atoms with Crippen LogP contribution in [0.2, 0.25) is 0 Å². The highest BCUT2D eigenvalue weighted by molar-refractivity contribution is 8.77. The van der Waals surface area contributed by atoms with E-state index in [2.05, 4.69) is 10.6 Å². The van der Waals surface area contributed by atoms with E-state index in [0.717, 1.165) is 4.90 Å². The standard InChI is InChI=1S/C36H52N2O6S2/c1-12-35(10,11)30(46-45-26-21-17-14-18-22-26)36(32(42)44-34(7,8)9,38-28(39)25-19-15-13-16-20-25)31(41)37-27(23-24(2)3)29(40)43-33(4,5)6/h13-22,24,27,30H,12,23H2,1-11H3,(H,37,41)(H,38,39). The number of carbonyl (C=O) groups excluding carboxylic acids is 4. The minimum Gasteiger partial charge on any atom is -0.458 e. The molecule has 3 unspecified atom stereocenters. The van der Waals surface area contributed by atoms with Crippen molar-refractivity contribution in [2.75, 3.05) is 0 Å². The van der Waals surface area contributed by atoms with Crippen molar-refractivity contribution in [2.24, 2.45) is 11.3 Å². The van der Waals surface area contributed by atoms with Gasteiger partial charge in [-0.2, -0.15) is 0 Å². The summed E-state index contributed by atoms with van der Waals surface area (Å²) in [4.78, 5) is 58.0. The molecule has 2 aromatic carbocycles. The van der Waals surface area contributed by atoms with E-state index in [-0.39, 0.29) is 17.9 Å². The smallest absolute Gasteiger partial charge is 0.343 e. The van der Waals surface area contributed by atoms with Gasteiger partial charge in [-0.25, -0.2) is 9.59 Å². The van der Waals surface area contributed by atoms with Crippen LogP contribution in [0, 0.1) is 11.3 Å². The van der Waals surface area contributed by atoms with Crippen molar-refractivity contribution in [3.63, 3.8) is 0 Å². The van der Waals surface area contributed by atoms with Crippen molar-refractivity contribution in [2.45, 2.75) is 122 Å². The predicted octanol–water partition coefficient (Wildman–Crippen LogP) is 7.61. The van der Waals surface area contributed by atoms with Gasteiger partial charge in [0.1, 0.15) is 17.2 Å². The summed E-state index contributed by atoms with van der Waals surface area (Å²) in [6, 6.07) is 16.9. The molecule has 0 radical (unpaired) electrons. The second-order valence-corrected chi connectivity index (χ2v) is 16.9. The van der Waals surface area contributed by atoms with E-state index in [1.54, 1.807) is 71.9 Å². The summed E-state index contributed by atoms with van der Waals surface area (Å²) in [7, 11) is 2.72. The normalized spacial score (nSPS) is 14.9. The molecular weight excluding hydrogens is 621 g/mol. The number of nitrogens with one attached hydrogen (secondary N) is 2. The molecule has 0 aliphatic heterocycles. The first-order chi connectivity index (χ1) is 21.2. The largest absolute Gasteiger partial charge is 0.458 e. The molecule has 0 bridgehead atoms. The molecular formula is C36H52N2O6S2. The molecule has 0 heterocycles. The molecule has 3 atom stereocenters. The topological polar surface area (TPSA) is 111 Å². The Kier molecular flexibility index (Phi) is 13.8. The minimum absolute atomic E-state index is 0.00135. The van der Waals surface area contributed by atoms with E-state index in [4.69, 9.17) is 9.47 Å². The van der Waals surface area contributed by atoms with Gasteiger partial charge in [0, 0.05) is 10.5 Å². The molecule has 2 aromatic rings. The van der Waals surface area contributed by atoms with Crippen LogP contribution in [0.25, 0.3) is 0 Å². The fraction of sp³-hybridized carbons (Fsp3) is 0.556. The third kappa shape index (κ3) is 11.4. The number of esters is 2. The molecule has 0 aliphatic rings. The van der Waals surface area contributed by atoms with E-state index in [9.17, 15) is 19.2 Å². The molecule has 0 saturated heterocycles. The summed E-state index contributed by atoms with van der Waals surface area (Å²) in [5, 5.41) is 4.87. The summed E-state index contributed by atoms with van der Waals surface area (Å²) in [6.45, 7) is 20.1. The van der Waals surface area contributed by atoms with Crippen LogP contribution in [0.4, 0.5) is 0 Å². The van der Waals surface area contributed by atoms with Crippen LogP contribution in [0.1, 0.15) is 99.4 Å². The van der Waals surface area contributed by atoms with E-state index in [1.807, 2.05) is 65.0 Å². The van der Waals surface area contributed by atoms with Gasteiger partial charge >= 0.3 is 11.9 Å². The second-order valence-electron chi connectivity index (χ2n) is 14.5. The highest BCUT2D eigenvalue weighted by Crippen LogP contribution is 2.49. The highest BCUT2D eigenvalue weighted by Gasteiger charge is 2.61. The van der Waals surface area contributed by atoms with Gasteiger partial charge in [0.05, 0.1) is 5.25 Å². The van der Waals surface area contributed by atoms with Gasteiger partial charge < -0.3 is 20.1 Å². The Morgan fingerprint density at radius 1 is 0.783 bits per heavy atom. The van der Waals surface area contributed by atoms with E-state index >= 15 is 0 Å². The van der Waals surface area contributed by atoms with Crippen molar-refractivity contribution in [1.82, 2.24) is 10.6 Å². The minimum atomic E-state index is -2.26. The molecule has 2 rings (SSSR count). The Bertz CT molecular complexity index is 1320. The summed E-state index contributed by atoms with van der Waals surface area (Å²) < 4.78 is 11.7. The van der Waals surface area contributed by atoms with Gasteiger partial charge in [0.25, 0.3) is 11.8 Å². The van der Waals surface area contributed by atoms with Crippen LogP contribution >= 0.6 is 21.6 Å². The van der Waals surface area contributed by atoms with Crippen molar-refractivity contribution in [1.29, 1.82) is 0 Å². The number of hydrogen-bond donors (Lipinski definition) is 2. The zero-order chi connectivity index (χ0) is 34.9. The zero-order valence-corrected chi connectivity index (χ0v) is 30.8. The number of hydrogen-bond acceptors (Lipinski definition) is 8. The highest BCUT2D eigenvalue weighted by atomic mass is 33.1. The first-order valence-corrected chi connectivity index (χ1v) is 18.0. The van der Waals surface area contributed by atoms with E-state index in [0.29, 0.717) is 6.42 Å². The molecule has 254 valence electrons. The van der Waals surface area contributed by atoms with Crippen LogP contribution < -0.4 is 10.6 Å². The third-order valence-corrected chi connectivity index (χ3v) is 10.3. The van der Waals surface area contributed by atoms with Crippen molar-refractivity contribution in [3.05, 3.63) is 66.2 Å². The molecule has 0 aromatic heterocycles. The number of carbonyl (C=O) groups is 4. The van der Waals surface area contributed by atoms with Gasteiger partial charge in [0.15, 0.2) is 0 Å². The van der Waals surface area contributed by atoms with Gasteiger partial charge in [-0.1, -0.05) is 92.6 Å². The average Bonchev–Trinajstić information content (AvgIpc) is 2.94. The number of benzene rings is 2. The maximum absolute atomic E-state index is 15.0. The van der Waals surface area contributed by atoms with E-state index < -0.39 is 57.2 Å². The van der Waals surface area contributed by atoms with Crippen LogP contribution in [0.5, 0.6) is 0 Å². The molecule has 46 heavy (non-hydrogen) atoms. The molecule has 0 aliphatic carbocycles. The molecule has 0 fully saturated rings. The van der Waals surface area contributed by atoms with Crippen LogP contribution in [0.3, 0.4) is 0 Å². The molecule has 0 spiro atoms. The lowest BCUT2D eigenvalue weighted by Gasteiger charge is -2.45. The maximum Gasteiger partial charge on any atom is 0.343 e. The Balaban J connectivity index is 2.86. The van der Waals surface area contributed by atoms with Crippen LogP contribution in [-0.4, -0.2) is 51.8 Å². The van der Waals surface area contributed by atoms with Gasteiger partial charge in [0.2, 0.25) is 5.54 Å². The summed E-state index contributed by atoms with van der Waals surface area (Å²) in [6.07, 6.45) is 0.811. The first kappa shape index (κ1) is 39.2. The lowest BCUT2D eigenvalue weighted by atomic mass is 9.74. The SMILES string of the molecule is CCC(C)(C)C(SSc1ccccc1)C(NC(=O)c1ccccc1)(C(=O)NC(CC(C)C)C(=O)OC(C)(C)C)C(=O)OC(C)(C)C. The zero-order valence-electron chi connectivity index (χ0n) is 29.2. The second kappa shape index (κ2) is 16.2. The van der Waals surface area contributed by atoms with Crippen molar-refractivity contribution in [3.8, 4) is 0 Å². The van der Waals surface area contributed by atoms with Crippen molar-refractivity contribution < 1.29 is 28.7 Å². The summed E-state index contributed by atoms with van der Waals surface area (Å²) in [5.41, 5.74) is -4.51. The molecule has 2 amide bonds. The average molecular weight is 673 g/mol. The third-order valence-electron chi connectivity index (χ3n) is 7.13. The maximum atomic E-state index is 15.0. The van der Waals surface area contributed by atoms with Crippen LogP contribution in [0.15, 0.2) is 65.6 Å². The molecule has 8 nitrogen and oxygen atoms in total. The van der Waals surface area contributed by atoms with E-state index in [1.165, 1.54) is 21.6 Å². The lowest BCUT2D eigenvalue weighted by molar-refractivity contribution is -0.169. The van der Waals surface area contributed by atoms with Crippen molar-refractivity contribution >= 4 is 45.3 Å². The predicted molar refractivity (Wildman–Crippen MR) is 187 cm³/mol. The molecule has 10 heteroatoms. The number of ether oxygens (including phenoxy) is 2. The fourth-order valence-corrected chi connectivity index (χ4v) is 8.05. The monoisotopic (exact) mass is 672 g/mol. The van der Waals surface area contributed by atoms with Crippen LogP contribution in [-0.2, 0) is 23.9 Å². The summed E-state index contributed by atoms with van der Waals surface area (Å²) >= 11 is 0. The Labute approximate surface area is 283 Å². The Morgan fingerprint density at radius 2 is 1.30 bits per heavy atom. The van der Waals surface area contributed by atoms with Gasteiger partial charge in [-0.05, 0) is 90.0 Å². The lowest BCUT2D eigenvalue weighted by Crippen LogP contribution is -2.73. The first-order valence-electron chi connectivity index (χ1n) is 15.7. The quantitative estimate of drug-likeness (QED) is 0.120. The van der Waals surface area contributed by atoms with Gasteiger partial charge in [-0.3, -0.25) is 9.59 Å². The number of amides is 2. The Hall–Kier alpha value is -2.98. The summed E-state index contributed by atoms with van der Waals surface area (Å²) in [5.74, 6) is -3.00. The number of rotatable bonds is 14. The molecule has 0 saturated carbocycles. The fourth-order valence-electron chi connectivity index (χ4n) is 4.58. The van der Waals surface area contributed by atoms with Gasteiger partial charge in [-0.15, -0.1) is 0 Å². The molecule has 2 N–H and O–H groups in total.